The second-order valence-electron chi connectivity index (χ2n) is 5.41. The first kappa shape index (κ1) is 15.8. The van der Waals surface area contributed by atoms with Crippen LogP contribution in [0.5, 0.6) is 0 Å². The lowest BCUT2D eigenvalue weighted by Crippen LogP contribution is -2.44. The van der Waals surface area contributed by atoms with Gasteiger partial charge in [0.25, 0.3) is 0 Å². The largest absolute Gasteiger partial charge is 0.388 e. The van der Waals surface area contributed by atoms with Crippen molar-refractivity contribution in [3.8, 4) is 0 Å². The van der Waals surface area contributed by atoms with Gasteiger partial charge in [0.15, 0.2) is 0 Å². The summed E-state index contributed by atoms with van der Waals surface area (Å²) >= 11 is 3.20. The molecule has 0 saturated heterocycles. The molecule has 2 rings (SSSR count). The molecular formula is C14H22N2O2S2. The highest BCUT2D eigenvalue weighted by atomic mass is 32.2. The number of amides is 1. The molecule has 0 atom stereocenters. The molecule has 2 N–H and O–H groups in total. The van der Waals surface area contributed by atoms with Gasteiger partial charge in [-0.2, -0.15) is 0 Å². The van der Waals surface area contributed by atoms with Gasteiger partial charge in [-0.25, -0.2) is 4.98 Å². The van der Waals surface area contributed by atoms with E-state index in [1.165, 1.54) is 6.42 Å². The van der Waals surface area contributed by atoms with E-state index in [4.69, 9.17) is 0 Å². The van der Waals surface area contributed by atoms with Crippen LogP contribution < -0.4 is 5.32 Å². The molecule has 0 aliphatic heterocycles. The normalized spacial score (nSPS) is 17.9. The van der Waals surface area contributed by atoms with Crippen molar-refractivity contribution < 1.29 is 9.90 Å². The minimum atomic E-state index is -0.676. The van der Waals surface area contributed by atoms with Crippen LogP contribution in [-0.2, 0) is 10.5 Å². The van der Waals surface area contributed by atoms with Gasteiger partial charge in [0.2, 0.25) is 5.91 Å². The molecule has 1 heterocycles. The highest BCUT2D eigenvalue weighted by molar-refractivity contribution is 7.99. The van der Waals surface area contributed by atoms with E-state index in [9.17, 15) is 9.90 Å². The third-order valence-corrected chi connectivity index (χ3v) is 5.34. The Kier molecular flexibility index (Phi) is 5.86. The molecular weight excluding hydrogens is 292 g/mol. The van der Waals surface area contributed by atoms with Crippen molar-refractivity contribution in [2.45, 2.75) is 50.4 Å². The average Bonchev–Trinajstić information content (AvgIpc) is 2.83. The van der Waals surface area contributed by atoms with Crippen LogP contribution in [0.2, 0.25) is 0 Å². The number of rotatable bonds is 6. The summed E-state index contributed by atoms with van der Waals surface area (Å²) in [4.78, 5) is 16.1. The Morgan fingerprint density at radius 3 is 2.90 bits per heavy atom. The van der Waals surface area contributed by atoms with Crippen molar-refractivity contribution in [2.75, 3.05) is 12.3 Å². The molecule has 0 aromatic carbocycles. The predicted molar refractivity (Wildman–Crippen MR) is 84.1 cm³/mol. The molecule has 1 fully saturated rings. The lowest BCUT2D eigenvalue weighted by molar-refractivity contribution is -0.120. The Balaban J connectivity index is 1.62. The summed E-state index contributed by atoms with van der Waals surface area (Å²) in [5.74, 6) is 1.19. The van der Waals surface area contributed by atoms with Crippen molar-refractivity contribution in [1.29, 1.82) is 0 Å². The molecule has 0 unspecified atom stereocenters. The molecule has 20 heavy (non-hydrogen) atoms. The lowest BCUT2D eigenvalue weighted by atomic mass is 9.85. The van der Waals surface area contributed by atoms with Gasteiger partial charge in [0, 0.05) is 17.7 Å². The molecule has 0 spiro atoms. The van der Waals surface area contributed by atoms with Crippen molar-refractivity contribution in [1.82, 2.24) is 10.3 Å². The SMILES string of the molecule is Cc1nc(CSCC(=O)NCC2(O)CCCCC2)cs1. The van der Waals surface area contributed by atoms with E-state index in [-0.39, 0.29) is 5.91 Å². The van der Waals surface area contributed by atoms with Gasteiger partial charge in [-0.15, -0.1) is 23.1 Å². The summed E-state index contributed by atoms with van der Waals surface area (Å²) < 4.78 is 0. The van der Waals surface area contributed by atoms with Crippen molar-refractivity contribution >= 4 is 29.0 Å². The number of carbonyl (C=O) groups excluding carboxylic acids is 1. The number of thioether (sulfide) groups is 1. The minimum absolute atomic E-state index is 0.000880. The van der Waals surface area contributed by atoms with Crippen LogP contribution in [0.15, 0.2) is 5.38 Å². The standard InChI is InChI=1S/C14H22N2O2S2/c1-11-16-12(8-20-11)7-19-9-13(17)15-10-14(18)5-3-2-4-6-14/h8,18H,2-7,9-10H2,1H3,(H,15,17). The number of hydrogen-bond donors (Lipinski definition) is 2. The van der Waals surface area contributed by atoms with Crippen LogP contribution in [0, 0.1) is 6.92 Å². The van der Waals surface area contributed by atoms with Gasteiger partial charge >= 0.3 is 0 Å². The van der Waals surface area contributed by atoms with Crippen LogP contribution in [0.25, 0.3) is 0 Å². The molecule has 6 heteroatoms. The minimum Gasteiger partial charge on any atom is -0.388 e. The number of carbonyl (C=O) groups is 1. The summed E-state index contributed by atoms with van der Waals surface area (Å²) in [5, 5.41) is 16.2. The van der Waals surface area contributed by atoms with E-state index in [0.717, 1.165) is 42.1 Å². The monoisotopic (exact) mass is 314 g/mol. The number of aryl methyl sites for hydroxylation is 1. The summed E-state index contributed by atoms with van der Waals surface area (Å²) in [6.45, 7) is 2.37. The van der Waals surface area contributed by atoms with Gasteiger partial charge in [0.05, 0.1) is 22.1 Å². The topological polar surface area (TPSA) is 62.2 Å². The first-order valence-electron chi connectivity index (χ1n) is 7.05. The number of thiazole rings is 1. The second-order valence-corrected chi connectivity index (χ2v) is 7.46. The molecule has 1 amide bonds. The zero-order valence-electron chi connectivity index (χ0n) is 11.9. The lowest BCUT2D eigenvalue weighted by Gasteiger charge is -2.32. The van der Waals surface area contributed by atoms with Crippen LogP contribution in [0.1, 0.15) is 42.8 Å². The summed E-state index contributed by atoms with van der Waals surface area (Å²) in [7, 11) is 0. The van der Waals surface area contributed by atoms with E-state index in [0.29, 0.717) is 12.3 Å². The highest BCUT2D eigenvalue weighted by Crippen LogP contribution is 2.27. The molecule has 0 radical (unpaired) electrons. The quantitative estimate of drug-likeness (QED) is 0.847. The molecule has 1 aliphatic carbocycles. The first-order valence-corrected chi connectivity index (χ1v) is 9.09. The van der Waals surface area contributed by atoms with Crippen molar-refractivity contribution in [3.05, 3.63) is 16.1 Å². The predicted octanol–water partition coefficient (Wildman–Crippen LogP) is 2.50. The molecule has 112 valence electrons. The molecule has 1 aromatic rings. The van der Waals surface area contributed by atoms with Gasteiger partial charge < -0.3 is 10.4 Å². The Labute approximate surface area is 128 Å². The number of nitrogens with one attached hydrogen (secondary N) is 1. The van der Waals surface area contributed by atoms with Gasteiger partial charge in [0.1, 0.15) is 0 Å². The maximum atomic E-state index is 11.8. The number of hydrogen-bond acceptors (Lipinski definition) is 5. The van der Waals surface area contributed by atoms with Crippen LogP contribution in [-0.4, -0.2) is 33.9 Å². The molecule has 4 nitrogen and oxygen atoms in total. The van der Waals surface area contributed by atoms with Crippen LogP contribution >= 0.6 is 23.1 Å². The zero-order valence-corrected chi connectivity index (χ0v) is 13.5. The molecule has 0 bridgehead atoms. The second kappa shape index (κ2) is 7.43. The average molecular weight is 314 g/mol. The Morgan fingerprint density at radius 2 is 2.25 bits per heavy atom. The van der Waals surface area contributed by atoms with Crippen LogP contribution in [0.3, 0.4) is 0 Å². The van der Waals surface area contributed by atoms with Gasteiger partial charge in [-0.1, -0.05) is 19.3 Å². The van der Waals surface area contributed by atoms with E-state index in [1.807, 2.05) is 12.3 Å². The fourth-order valence-electron chi connectivity index (χ4n) is 2.42. The summed E-state index contributed by atoms with van der Waals surface area (Å²) in [6.07, 6.45) is 4.92. The Bertz CT molecular complexity index is 442. The van der Waals surface area contributed by atoms with E-state index >= 15 is 0 Å². The van der Waals surface area contributed by atoms with E-state index in [2.05, 4.69) is 10.3 Å². The maximum absolute atomic E-state index is 11.8. The smallest absolute Gasteiger partial charge is 0.230 e. The zero-order chi connectivity index (χ0) is 14.4. The molecule has 1 saturated carbocycles. The Morgan fingerprint density at radius 1 is 1.50 bits per heavy atom. The number of aliphatic hydroxyl groups is 1. The maximum Gasteiger partial charge on any atom is 0.230 e. The third kappa shape index (κ3) is 5.07. The number of aromatic nitrogens is 1. The first-order chi connectivity index (χ1) is 9.57. The Hall–Kier alpha value is -0.590. The highest BCUT2D eigenvalue weighted by Gasteiger charge is 2.29. The third-order valence-electron chi connectivity index (χ3n) is 3.55. The molecule has 1 aromatic heterocycles. The molecule has 1 aliphatic rings. The number of nitrogens with zero attached hydrogens (tertiary/aromatic N) is 1. The van der Waals surface area contributed by atoms with Gasteiger partial charge in [-0.05, 0) is 19.8 Å². The van der Waals surface area contributed by atoms with Gasteiger partial charge in [-0.3, -0.25) is 4.79 Å². The van der Waals surface area contributed by atoms with Crippen molar-refractivity contribution in [2.24, 2.45) is 0 Å². The fourth-order valence-corrected chi connectivity index (χ4v) is 3.89. The van der Waals surface area contributed by atoms with Crippen molar-refractivity contribution in [3.63, 3.8) is 0 Å². The van der Waals surface area contributed by atoms with E-state index in [1.54, 1.807) is 23.1 Å². The van der Waals surface area contributed by atoms with E-state index < -0.39 is 5.60 Å². The summed E-state index contributed by atoms with van der Waals surface area (Å²) in [6, 6.07) is 0. The summed E-state index contributed by atoms with van der Waals surface area (Å²) in [5.41, 5.74) is 0.362. The van der Waals surface area contributed by atoms with Crippen LogP contribution in [0.4, 0.5) is 0 Å². The fraction of sp³-hybridized carbons (Fsp3) is 0.714.